The standard InChI is InChI=1S/C48H30N4O/c1-4-13-31(14-5-1)35-23-24-37-30-38(26-25-36(37)29-35)45-50-46(40-21-11-10-20-39(40)32-15-6-2-7-16-32)52-47(51-45)41-22-12-19-33-27-28-42-44(43(33)41)53-48(49-42)34-17-8-3-9-18-34/h1-30H. The fraction of sp³-hybridized carbons (Fsp3) is 0. The number of nitrogens with zero attached hydrogens (tertiary/aromatic N) is 4. The highest BCUT2D eigenvalue weighted by Crippen LogP contribution is 2.38. The van der Waals surface area contributed by atoms with Gasteiger partial charge in [0, 0.05) is 27.6 Å². The lowest BCUT2D eigenvalue weighted by molar-refractivity contribution is 0.623. The molecule has 0 aliphatic rings. The number of fused-ring (bicyclic) bond motifs is 4. The predicted molar refractivity (Wildman–Crippen MR) is 215 cm³/mol. The number of benzene rings is 8. The van der Waals surface area contributed by atoms with Crippen molar-refractivity contribution >= 4 is 32.6 Å². The van der Waals surface area contributed by atoms with Crippen LogP contribution in [0.25, 0.3) is 101 Å². The van der Waals surface area contributed by atoms with Gasteiger partial charge in [-0.1, -0.05) is 152 Å². The van der Waals surface area contributed by atoms with Gasteiger partial charge in [0.2, 0.25) is 5.89 Å². The monoisotopic (exact) mass is 678 g/mol. The molecule has 5 heteroatoms. The molecule has 0 N–H and O–H groups in total. The quantitative estimate of drug-likeness (QED) is 0.175. The molecule has 0 atom stereocenters. The van der Waals surface area contributed by atoms with Crippen LogP contribution in [-0.4, -0.2) is 19.9 Å². The molecule has 0 unspecified atom stereocenters. The molecule has 2 aromatic heterocycles. The van der Waals surface area contributed by atoms with Gasteiger partial charge in [-0.3, -0.25) is 0 Å². The van der Waals surface area contributed by atoms with E-state index in [0.29, 0.717) is 28.9 Å². The van der Waals surface area contributed by atoms with Crippen molar-refractivity contribution in [3.63, 3.8) is 0 Å². The van der Waals surface area contributed by atoms with Gasteiger partial charge in [-0.25, -0.2) is 19.9 Å². The zero-order valence-corrected chi connectivity index (χ0v) is 28.5. The van der Waals surface area contributed by atoms with E-state index in [1.165, 1.54) is 11.1 Å². The molecule has 53 heavy (non-hydrogen) atoms. The molecule has 0 amide bonds. The van der Waals surface area contributed by atoms with E-state index in [0.717, 1.165) is 60.4 Å². The van der Waals surface area contributed by atoms with Crippen LogP contribution >= 0.6 is 0 Å². The highest BCUT2D eigenvalue weighted by molar-refractivity contribution is 6.10. The first-order valence-electron chi connectivity index (χ1n) is 17.6. The first kappa shape index (κ1) is 30.6. The Kier molecular flexibility index (Phi) is 7.40. The van der Waals surface area contributed by atoms with Gasteiger partial charge in [0.1, 0.15) is 5.52 Å². The molecule has 0 aliphatic heterocycles. The Morgan fingerprint density at radius 1 is 0.321 bits per heavy atom. The Morgan fingerprint density at radius 2 is 0.868 bits per heavy atom. The molecule has 8 aromatic carbocycles. The lowest BCUT2D eigenvalue weighted by Gasteiger charge is -2.13. The highest BCUT2D eigenvalue weighted by Gasteiger charge is 2.20. The number of rotatable bonds is 6. The summed E-state index contributed by atoms with van der Waals surface area (Å²) in [5.41, 5.74) is 9.58. The van der Waals surface area contributed by atoms with Crippen LogP contribution in [0.2, 0.25) is 0 Å². The molecule has 0 saturated carbocycles. The van der Waals surface area contributed by atoms with Gasteiger partial charge >= 0.3 is 0 Å². The van der Waals surface area contributed by atoms with Crippen LogP contribution in [0.5, 0.6) is 0 Å². The Balaban J connectivity index is 1.19. The minimum absolute atomic E-state index is 0.558. The minimum Gasteiger partial charge on any atom is -0.435 e. The maximum Gasteiger partial charge on any atom is 0.227 e. The van der Waals surface area contributed by atoms with E-state index in [4.69, 9.17) is 24.4 Å². The van der Waals surface area contributed by atoms with E-state index >= 15 is 0 Å². The first-order chi connectivity index (χ1) is 26.2. The molecule has 0 fully saturated rings. The van der Waals surface area contributed by atoms with Gasteiger partial charge in [0.25, 0.3) is 0 Å². The molecule has 10 rings (SSSR count). The van der Waals surface area contributed by atoms with Gasteiger partial charge in [0.05, 0.1) is 0 Å². The molecular weight excluding hydrogens is 649 g/mol. The van der Waals surface area contributed by atoms with Crippen molar-refractivity contribution in [2.75, 3.05) is 0 Å². The molecule has 248 valence electrons. The van der Waals surface area contributed by atoms with Crippen LogP contribution in [0.1, 0.15) is 0 Å². The summed E-state index contributed by atoms with van der Waals surface area (Å²) >= 11 is 0. The van der Waals surface area contributed by atoms with Crippen molar-refractivity contribution in [1.82, 2.24) is 19.9 Å². The van der Waals surface area contributed by atoms with Gasteiger partial charge in [-0.05, 0) is 68.7 Å². The summed E-state index contributed by atoms with van der Waals surface area (Å²) in [5, 5.41) is 4.18. The average molecular weight is 679 g/mol. The van der Waals surface area contributed by atoms with Crippen LogP contribution < -0.4 is 0 Å². The normalized spacial score (nSPS) is 11.4. The van der Waals surface area contributed by atoms with Gasteiger partial charge in [-0.2, -0.15) is 0 Å². The van der Waals surface area contributed by atoms with Crippen LogP contribution in [0.15, 0.2) is 186 Å². The number of hydrogen-bond acceptors (Lipinski definition) is 5. The molecule has 0 aliphatic carbocycles. The molecule has 0 radical (unpaired) electrons. The lowest BCUT2D eigenvalue weighted by Crippen LogP contribution is -2.01. The maximum absolute atomic E-state index is 6.54. The molecule has 0 saturated heterocycles. The topological polar surface area (TPSA) is 64.7 Å². The zero-order valence-electron chi connectivity index (χ0n) is 28.5. The van der Waals surface area contributed by atoms with E-state index in [-0.39, 0.29) is 0 Å². The second-order valence-electron chi connectivity index (χ2n) is 13.1. The van der Waals surface area contributed by atoms with Crippen molar-refractivity contribution < 1.29 is 4.42 Å². The third-order valence-electron chi connectivity index (χ3n) is 9.75. The third kappa shape index (κ3) is 5.61. The second-order valence-corrected chi connectivity index (χ2v) is 13.1. The Morgan fingerprint density at radius 3 is 1.60 bits per heavy atom. The lowest BCUT2D eigenvalue weighted by atomic mass is 9.98. The largest absolute Gasteiger partial charge is 0.435 e. The molecule has 2 heterocycles. The molecule has 10 aromatic rings. The first-order valence-corrected chi connectivity index (χ1v) is 17.6. The maximum atomic E-state index is 6.54. The zero-order chi connectivity index (χ0) is 35.1. The molecular formula is C48H30N4O. The molecule has 0 bridgehead atoms. The van der Waals surface area contributed by atoms with Gasteiger partial charge in [0.15, 0.2) is 23.1 Å². The number of oxazole rings is 1. The smallest absolute Gasteiger partial charge is 0.227 e. The fourth-order valence-corrected chi connectivity index (χ4v) is 7.13. The van der Waals surface area contributed by atoms with Crippen molar-refractivity contribution in [2.24, 2.45) is 0 Å². The molecule has 0 spiro atoms. The summed E-state index contributed by atoms with van der Waals surface area (Å²) in [6.45, 7) is 0. The van der Waals surface area contributed by atoms with Crippen LogP contribution in [0.3, 0.4) is 0 Å². The van der Waals surface area contributed by atoms with Gasteiger partial charge < -0.3 is 4.42 Å². The van der Waals surface area contributed by atoms with Gasteiger partial charge in [-0.15, -0.1) is 0 Å². The summed E-state index contributed by atoms with van der Waals surface area (Å²) in [5.74, 6) is 2.32. The number of aromatic nitrogens is 4. The van der Waals surface area contributed by atoms with Crippen LogP contribution in [0, 0.1) is 0 Å². The van der Waals surface area contributed by atoms with Crippen molar-refractivity contribution in [3.8, 4) is 67.9 Å². The van der Waals surface area contributed by atoms with Crippen molar-refractivity contribution in [1.29, 1.82) is 0 Å². The summed E-state index contributed by atoms with van der Waals surface area (Å²) in [7, 11) is 0. The summed E-state index contributed by atoms with van der Waals surface area (Å²) in [4.78, 5) is 20.5. The predicted octanol–water partition coefficient (Wildman–Crippen LogP) is 12.3. The Labute approximate surface area is 305 Å². The summed E-state index contributed by atoms with van der Waals surface area (Å²) in [6, 6.07) is 62.4. The summed E-state index contributed by atoms with van der Waals surface area (Å²) < 4.78 is 6.54. The van der Waals surface area contributed by atoms with E-state index in [2.05, 4.69) is 121 Å². The third-order valence-corrected chi connectivity index (χ3v) is 9.75. The average Bonchev–Trinajstić information content (AvgIpc) is 3.69. The van der Waals surface area contributed by atoms with E-state index in [1.807, 2.05) is 60.7 Å². The highest BCUT2D eigenvalue weighted by atomic mass is 16.3. The Bertz CT molecular complexity index is 2940. The van der Waals surface area contributed by atoms with Crippen LogP contribution in [-0.2, 0) is 0 Å². The minimum atomic E-state index is 0.558. The van der Waals surface area contributed by atoms with E-state index in [1.54, 1.807) is 0 Å². The van der Waals surface area contributed by atoms with E-state index in [9.17, 15) is 0 Å². The second kappa shape index (κ2) is 12.8. The summed E-state index contributed by atoms with van der Waals surface area (Å²) in [6.07, 6.45) is 0. The fourth-order valence-electron chi connectivity index (χ4n) is 7.13. The van der Waals surface area contributed by atoms with E-state index < -0.39 is 0 Å². The SMILES string of the molecule is c1ccc(-c2ccc3cc(-c4nc(-c5ccccc5-c5ccccc5)nc(-c5cccc6ccc7nc(-c8ccccc8)oc7c56)n4)ccc3c2)cc1. The van der Waals surface area contributed by atoms with Crippen molar-refractivity contribution in [2.45, 2.75) is 0 Å². The van der Waals surface area contributed by atoms with Crippen molar-refractivity contribution in [3.05, 3.63) is 182 Å². The number of hydrogen-bond donors (Lipinski definition) is 0. The van der Waals surface area contributed by atoms with Crippen LogP contribution in [0.4, 0.5) is 0 Å². The Hall–Kier alpha value is -7.24. The molecule has 5 nitrogen and oxygen atoms in total.